The van der Waals surface area contributed by atoms with Gasteiger partial charge in [-0.2, -0.15) is 0 Å². The Morgan fingerprint density at radius 3 is 1.80 bits per heavy atom. The van der Waals surface area contributed by atoms with Crippen LogP contribution in [-0.4, -0.2) is 0 Å². The zero-order valence-electron chi connectivity index (χ0n) is 32.9. The van der Waals surface area contributed by atoms with Crippen LogP contribution in [0.3, 0.4) is 0 Å². The van der Waals surface area contributed by atoms with Crippen LogP contribution >= 0.6 is 0 Å². The van der Waals surface area contributed by atoms with Gasteiger partial charge in [0, 0.05) is 38.7 Å². The quantitative estimate of drug-likeness (QED) is 0.174. The molecular formula is C57H39NO. The fourth-order valence-corrected chi connectivity index (χ4v) is 9.93. The van der Waals surface area contributed by atoms with Gasteiger partial charge in [-0.1, -0.05) is 166 Å². The van der Waals surface area contributed by atoms with E-state index in [2.05, 4.69) is 213 Å². The van der Waals surface area contributed by atoms with Crippen molar-refractivity contribution >= 4 is 71.3 Å². The van der Waals surface area contributed by atoms with Crippen LogP contribution in [0.4, 0.5) is 17.1 Å². The van der Waals surface area contributed by atoms with Gasteiger partial charge in [-0.25, -0.2) is 0 Å². The van der Waals surface area contributed by atoms with Gasteiger partial charge in [0.25, 0.3) is 0 Å². The molecule has 1 aliphatic rings. The van der Waals surface area contributed by atoms with E-state index in [0.717, 1.165) is 50.1 Å². The largest absolute Gasteiger partial charge is 0.455 e. The zero-order chi connectivity index (χ0) is 39.2. The summed E-state index contributed by atoms with van der Waals surface area (Å²) in [5.41, 5.74) is 15.0. The maximum absolute atomic E-state index is 6.50. The first kappa shape index (κ1) is 33.7. The van der Waals surface area contributed by atoms with Gasteiger partial charge in [0.2, 0.25) is 0 Å². The van der Waals surface area contributed by atoms with Gasteiger partial charge < -0.3 is 9.32 Å². The highest BCUT2D eigenvalue weighted by atomic mass is 16.3. The highest BCUT2D eigenvalue weighted by molar-refractivity contribution is 6.12. The Bertz CT molecular complexity index is 3470. The standard InChI is InChI=1S/C57H39NO/c1-57(2)51-31-30-42(35-50(51)49-33-39-15-3-4-16-40(39)34-52(49)57)58(41-28-25-38(26-29-41)45-21-12-23-48-46-20-9-10-24-54(46)59-56(45)48)53-32-27-37-14-6-8-19-44(37)55(53)47-22-11-17-36-13-5-7-18-43(36)47/h3-35H,1-2H3. The van der Waals surface area contributed by atoms with Crippen molar-refractivity contribution in [3.63, 3.8) is 0 Å². The summed E-state index contributed by atoms with van der Waals surface area (Å²) < 4.78 is 6.50. The van der Waals surface area contributed by atoms with Crippen molar-refractivity contribution in [1.82, 2.24) is 0 Å². The van der Waals surface area contributed by atoms with Crippen molar-refractivity contribution in [2.45, 2.75) is 19.3 Å². The summed E-state index contributed by atoms with van der Waals surface area (Å²) in [6, 6.07) is 73.4. The number of para-hydroxylation sites is 2. The lowest BCUT2D eigenvalue weighted by Crippen LogP contribution is -2.15. The molecule has 0 saturated carbocycles. The molecular weight excluding hydrogens is 715 g/mol. The lowest BCUT2D eigenvalue weighted by molar-refractivity contribution is 0.661. The predicted molar refractivity (Wildman–Crippen MR) is 249 cm³/mol. The molecule has 0 N–H and O–H groups in total. The number of hydrogen-bond donors (Lipinski definition) is 0. The molecule has 1 heterocycles. The van der Waals surface area contributed by atoms with Crippen LogP contribution in [0.2, 0.25) is 0 Å². The fraction of sp³-hybridized carbons (Fsp3) is 0.0526. The first-order valence-electron chi connectivity index (χ1n) is 20.5. The molecule has 10 aromatic carbocycles. The molecule has 0 aliphatic heterocycles. The van der Waals surface area contributed by atoms with Gasteiger partial charge in [0.05, 0.1) is 5.69 Å². The van der Waals surface area contributed by atoms with E-state index in [0.29, 0.717) is 0 Å². The molecule has 12 rings (SSSR count). The van der Waals surface area contributed by atoms with Crippen LogP contribution in [-0.2, 0) is 5.41 Å². The van der Waals surface area contributed by atoms with Gasteiger partial charge in [-0.05, 0) is 114 Å². The van der Waals surface area contributed by atoms with E-state index in [1.54, 1.807) is 0 Å². The monoisotopic (exact) mass is 753 g/mol. The van der Waals surface area contributed by atoms with E-state index < -0.39 is 0 Å². The summed E-state index contributed by atoms with van der Waals surface area (Å²) in [6.45, 7) is 4.74. The molecule has 0 saturated heterocycles. The van der Waals surface area contributed by atoms with Gasteiger partial charge >= 0.3 is 0 Å². The average molecular weight is 754 g/mol. The van der Waals surface area contributed by atoms with Crippen LogP contribution in [0.5, 0.6) is 0 Å². The second kappa shape index (κ2) is 12.8. The molecule has 11 aromatic rings. The van der Waals surface area contributed by atoms with Crippen LogP contribution in [0.15, 0.2) is 205 Å². The molecule has 0 amide bonds. The summed E-state index contributed by atoms with van der Waals surface area (Å²) in [4.78, 5) is 2.47. The SMILES string of the molecule is CC1(C)c2ccc(N(c3ccc(-c4cccc5c4oc4ccccc45)cc3)c3ccc4ccccc4c3-c3cccc4ccccc34)cc2-c2cc3ccccc3cc21. The number of benzene rings is 10. The third kappa shape index (κ3) is 5.13. The van der Waals surface area contributed by atoms with Crippen LogP contribution in [0.1, 0.15) is 25.0 Å². The average Bonchev–Trinajstić information content (AvgIpc) is 3.77. The molecule has 0 radical (unpaired) electrons. The Labute approximate surface area is 343 Å². The van der Waals surface area contributed by atoms with E-state index in [1.165, 1.54) is 65.7 Å². The predicted octanol–water partition coefficient (Wildman–Crippen LogP) is 16.2. The highest BCUT2D eigenvalue weighted by Gasteiger charge is 2.36. The Morgan fingerprint density at radius 1 is 0.390 bits per heavy atom. The molecule has 0 unspecified atom stereocenters. The third-order valence-electron chi connectivity index (χ3n) is 12.8. The van der Waals surface area contributed by atoms with E-state index in [9.17, 15) is 0 Å². The fourth-order valence-electron chi connectivity index (χ4n) is 9.93. The summed E-state index contributed by atoms with van der Waals surface area (Å²) in [7, 11) is 0. The number of hydrogen-bond acceptors (Lipinski definition) is 2. The Kier molecular flexibility index (Phi) is 7.31. The molecule has 0 bridgehead atoms. The molecule has 1 aromatic heterocycles. The van der Waals surface area contributed by atoms with Crippen molar-refractivity contribution < 1.29 is 4.42 Å². The minimum absolute atomic E-state index is 0.131. The molecule has 2 heteroatoms. The number of anilines is 3. The molecule has 0 fully saturated rings. The number of fused-ring (bicyclic) bond motifs is 9. The normalized spacial score (nSPS) is 13.1. The van der Waals surface area contributed by atoms with Crippen molar-refractivity contribution in [2.24, 2.45) is 0 Å². The lowest BCUT2D eigenvalue weighted by Gasteiger charge is -2.30. The van der Waals surface area contributed by atoms with Gasteiger partial charge in [-0.15, -0.1) is 0 Å². The maximum Gasteiger partial charge on any atom is 0.143 e. The number of nitrogens with zero attached hydrogens (tertiary/aromatic N) is 1. The van der Waals surface area contributed by atoms with Crippen molar-refractivity contribution in [2.75, 3.05) is 4.90 Å². The van der Waals surface area contributed by atoms with Crippen LogP contribution < -0.4 is 4.90 Å². The molecule has 278 valence electrons. The maximum atomic E-state index is 6.50. The number of rotatable bonds is 5. The van der Waals surface area contributed by atoms with E-state index in [-0.39, 0.29) is 5.41 Å². The van der Waals surface area contributed by atoms with Crippen LogP contribution in [0.25, 0.3) is 87.6 Å². The Hall–Kier alpha value is -7.42. The van der Waals surface area contributed by atoms with Crippen molar-refractivity contribution in [3.8, 4) is 33.4 Å². The van der Waals surface area contributed by atoms with E-state index in [1.807, 2.05) is 6.07 Å². The molecule has 0 spiro atoms. The highest BCUT2D eigenvalue weighted by Crippen LogP contribution is 2.53. The molecule has 2 nitrogen and oxygen atoms in total. The summed E-state index contributed by atoms with van der Waals surface area (Å²) in [6.07, 6.45) is 0. The molecule has 0 atom stereocenters. The van der Waals surface area contributed by atoms with Gasteiger partial charge in [-0.3, -0.25) is 0 Å². The minimum atomic E-state index is -0.131. The second-order valence-electron chi connectivity index (χ2n) is 16.5. The summed E-state index contributed by atoms with van der Waals surface area (Å²) in [5, 5.41) is 9.71. The second-order valence-corrected chi connectivity index (χ2v) is 16.5. The topological polar surface area (TPSA) is 16.4 Å². The zero-order valence-corrected chi connectivity index (χ0v) is 32.9. The smallest absolute Gasteiger partial charge is 0.143 e. The van der Waals surface area contributed by atoms with Crippen molar-refractivity contribution in [1.29, 1.82) is 0 Å². The van der Waals surface area contributed by atoms with Gasteiger partial charge in [0.1, 0.15) is 11.2 Å². The number of furan rings is 1. The summed E-state index contributed by atoms with van der Waals surface area (Å²) >= 11 is 0. The Balaban J connectivity index is 1.10. The van der Waals surface area contributed by atoms with E-state index >= 15 is 0 Å². The Morgan fingerprint density at radius 2 is 0.983 bits per heavy atom. The van der Waals surface area contributed by atoms with E-state index in [4.69, 9.17) is 4.42 Å². The first-order valence-corrected chi connectivity index (χ1v) is 20.5. The van der Waals surface area contributed by atoms with Gasteiger partial charge in [0.15, 0.2) is 0 Å². The molecule has 59 heavy (non-hydrogen) atoms. The molecule has 1 aliphatic carbocycles. The minimum Gasteiger partial charge on any atom is -0.455 e. The third-order valence-corrected chi connectivity index (χ3v) is 12.8. The summed E-state index contributed by atoms with van der Waals surface area (Å²) in [5.74, 6) is 0. The van der Waals surface area contributed by atoms with Crippen LogP contribution in [0, 0.1) is 0 Å². The lowest BCUT2D eigenvalue weighted by atomic mass is 9.82. The van der Waals surface area contributed by atoms with Crippen molar-refractivity contribution in [3.05, 3.63) is 211 Å². The first-order chi connectivity index (χ1) is 29.0.